The van der Waals surface area contributed by atoms with Gasteiger partial charge in [0.2, 0.25) is 0 Å². The maximum Gasteiger partial charge on any atom is 0.136 e. The van der Waals surface area contributed by atoms with Gasteiger partial charge in [0.25, 0.3) is 0 Å². The van der Waals surface area contributed by atoms with E-state index < -0.39 is 0 Å². The number of hydrogen-bond donors (Lipinski definition) is 0. The van der Waals surface area contributed by atoms with Crippen molar-refractivity contribution in [3.8, 4) is 0 Å². The van der Waals surface area contributed by atoms with Gasteiger partial charge in [0.1, 0.15) is 9.98 Å². The highest BCUT2D eigenvalue weighted by Crippen LogP contribution is 2.03. The lowest BCUT2D eigenvalue weighted by Crippen LogP contribution is -2.49. The van der Waals surface area contributed by atoms with E-state index in [-0.39, 0.29) is 0 Å². The van der Waals surface area contributed by atoms with E-state index in [9.17, 15) is 0 Å². The SMILES string of the molecule is CN1CCN(C)C(=S)C1=S. The number of rotatable bonds is 0. The molecule has 0 unspecified atom stereocenters. The second kappa shape index (κ2) is 2.80. The van der Waals surface area contributed by atoms with Crippen LogP contribution in [0, 0.1) is 0 Å². The van der Waals surface area contributed by atoms with Crippen LogP contribution in [-0.4, -0.2) is 47.0 Å². The van der Waals surface area contributed by atoms with Crippen LogP contribution in [0.5, 0.6) is 0 Å². The van der Waals surface area contributed by atoms with Gasteiger partial charge in [-0.2, -0.15) is 0 Å². The molecule has 0 atom stereocenters. The standard InChI is InChI=1S/C6H10N2S2/c1-7-3-4-8(2)6(10)5(7)9/h3-4H2,1-2H3. The average Bonchev–Trinajstić information content (AvgIpc) is 1.93. The molecular formula is C6H10N2S2. The summed E-state index contributed by atoms with van der Waals surface area (Å²) in [5.74, 6) is 0. The Morgan fingerprint density at radius 1 is 1.00 bits per heavy atom. The molecule has 1 saturated heterocycles. The third-order valence-electron chi connectivity index (χ3n) is 1.65. The molecule has 0 saturated carbocycles. The first-order chi connectivity index (χ1) is 4.63. The molecule has 0 aromatic carbocycles. The zero-order valence-corrected chi connectivity index (χ0v) is 7.76. The molecule has 0 amide bonds. The van der Waals surface area contributed by atoms with Crippen molar-refractivity contribution in [1.29, 1.82) is 0 Å². The minimum absolute atomic E-state index is 0.795. The van der Waals surface area contributed by atoms with Crippen molar-refractivity contribution in [3.05, 3.63) is 0 Å². The smallest absolute Gasteiger partial charge is 0.136 e. The van der Waals surface area contributed by atoms with Crippen LogP contribution >= 0.6 is 24.4 Å². The second-order valence-electron chi connectivity index (χ2n) is 2.45. The summed E-state index contributed by atoms with van der Waals surface area (Å²) in [6.07, 6.45) is 0. The zero-order chi connectivity index (χ0) is 7.72. The van der Waals surface area contributed by atoms with Crippen molar-refractivity contribution < 1.29 is 0 Å². The number of likely N-dealkylation sites (N-methyl/N-ethyl adjacent to an activating group) is 2. The van der Waals surface area contributed by atoms with Crippen molar-refractivity contribution in [2.45, 2.75) is 0 Å². The van der Waals surface area contributed by atoms with Crippen molar-refractivity contribution in [3.63, 3.8) is 0 Å². The van der Waals surface area contributed by atoms with Gasteiger partial charge in [-0.15, -0.1) is 0 Å². The van der Waals surface area contributed by atoms with Gasteiger partial charge in [-0.1, -0.05) is 24.4 Å². The maximum absolute atomic E-state index is 5.07. The molecule has 1 rings (SSSR count). The molecule has 56 valence electrons. The predicted molar refractivity (Wildman–Crippen MR) is 50.5 cm³/mol. The molecule has 0 spiro atoms. The highest BCUT2D eigenvalue weighted by molar-refractivity contribution is 7.89. The Morgan fingerprint density at radius 2 is 1.30 bits per heavy atom. The first kappa shape index (κ1) is 7.88. The zero-order valence-electron chi connectivity index (χ0n) is 6.13. The maximum atomic E-state index is 5.07. The van der Waals surface area contributed by atoms with E-state index in [1.54, 1.807) is 0 Å². The van der Waals surface area contributed by atoms with Crippen molar-refractivity contribution in [2.24, 2.45) is 0 Å². The van der Waals surface area contributed by atoms with E-state index in [4.69, 9.17) is 24.4 Å². The van der Waals surface area contributed by atoms with Crippen LogP contribution < -0.4 is 0 Å². The topological polar surface area (TPSA) is 6.48 Å². The minimum atomic E-state index is 0.795. The van der Waals surface area contributed by atoms with Crippen molar-refractivity contribution in [2.75, 3.05) is 27.2 Å². The summed E-state index contributed by atoms with van der Waals surface area (Å²) in [5, 5.41) is 0. The van der Waals surface area contributed by atoms with E-state index in [2.05, 4.69) is 0 Å². The van der Waals surface area contributed by atoms with E-state index >= 15 is 0 Å². The molecule has 4 heteroatoms. The van der Waals surface area contributed by atoms with E-state index in [1.807, 2.05) is 23.9 Å². The summed E-state index contributed by atoms with van der Waals surface area (Å²) in [5.41, 5.74) is 0. The molecule has 0 aromatic heterocycles. The van der Waals surface area contributed by atoms with Crippen LogP contribution in [0.3, 0.4) is 0 Å². The number of thiocarbonyl (C=S) groups is 2. The Balaban J connectivity index is 2.70. The first-order valence-corrected chi connectivity index (χ1v) is 3.95. The van der Waals surface area contributed by atoms with Crippen LogP contribution in [0.4, 0.5) is 0 Å². The lowest BCUT2D eigenvalue weighted by Gasteiger charge is -2.33. The van der Waals surface area contributed by atoms with Gasteiger partial charge in [0, 0.05) is 27.2 Å². The number of hydrogen-bond acceptors (Lipinski definition) is 2. The van der Waals surface area contributed by atoms with Crippen molar-refractivity contribution >= 4 is 34.4 Å². The van der Waals surface area contributed by atoms with Gasteiger partial charge in [-0.3, -0.25) is 0 Å². The minimum Gasteiger partial charge on any atom is -0.362 e. The van der Waals surface area contributed by atoms with Gasteiger partial charge in [-0.25, -0.2) is 0 Å². The Labute approximate surface area is 71.8 Å². The number of nitrogens with zero attached hydrogens (tertiary/aromatic N) is 2. The second-order valence-corrected chi connectivity index (χ2v) is 3.23. The van der Waals surface area contributed by atoms with Crippen LogP contribution in [0.1, 0.15) is 0 Å². The first-order valence-electron chi connectivity index (χ1n) is 3.13. The van der Waals surface area contributed by atoms with Gasteiger partial charge in [0.05, 0.1) is 0 Å². The van der Waals surface area contributed by atoms with Gasteiger partial charge < -0.3 is 9.80 Å². The molecule has 0 aromatic rings. The molecule has 1 heterocycles. The van der Waals surface area contributed by atoms with Gasteiger partial charge in [0.15, 0.2) is 0 Å². The van der Waals surface area contributed by atoms with Crippen LogP contribution in [0.2, 0.25) is 0 Å². The Hall–Kier alpha value is -0.220. The Morgan fingerprint density at radius 3 is 1.60 bits per heavy atom. The molecular weight excluding hydrogens is 164 g/mol. The Bertz CT molecular complexity index is 159. The molecule has 1 aliphatic rings. The molecule has 0 aliphatic carbocycles. The summed E-state index contributed by atoms with van der Waals surface area (Å²) in [6.45, 7) is 1.96. The largest absolute Gasteiger partial charge is 0.362 e. The summed E-state index contributed by atoms with van der Waals surface area (Å²) < 4.78 is 0. The molecule has 10 heavy (non-hydrogen) atoms. The van der Waals surface area contributed by atoms with Crippen molar-refractivity contribution in [1.82, 2.24) is 9.80 Å². The third-order valence-corrected chi connectivity index (χ3v) is 2.79. The van der Waals surface area contributed by atoms with Crippen LogP contribution in [0.25, 0.3) is 0 Å². The molecule has 1 fully saturated rings. The lowest BCUT2D eigenvalue weighted by atomic mass is 10.3. The highest BCUT2D eigenvalue weighted by Gasteiger charge is 2.19. The number of piperazine rings is 1. The normalized spacial score (nSPS) is 20.2. The highest BCUT2D eigenvalue weighted by atomic mass is 32.1. The lowest BCUT2D eigenvalue weighted by molar-refractivity contribution is 0.397. The van der Waals surface area contributed by atoms with E-state index in [1.165, 1.54) is 0 Å². The molecule has 0 radical (unpaired) electrons. The molecule has 2 nitrogen and oxygen atoms in total. The summed E-state index contributed by atoms with van der Waals surface area (Å²) >= 11 is 10.1. The molecule has 0 bridgehead atoms. The fourth-order valence-electron chi connectivity index (χ4n) is 0.830. The molecule has 1 aliphatic heterocycles. The predicted octanol–water partition coefficient (Wildman–Crippen LogP) is 0.518. The summed E-state index contributed by atoms with van der Waals surface area (Å²) in [6, 6.07) is 0. The fraction of sp³-hybridized carbons (Fsp3) is 0.667. The monoisotopic (exact) mass is 174 g/mol. The summed E-state index contributed by atoms with van der Waals surface area (Å²) in [4.78, 5) is 5.61. The molecule has 0 N–H and O–H groups in total. The average molecular weight is 174 g/mol. The Kier molecular flexibility index (Phi) is 2.21. The van der Waals surface area contributed by atoms with Crippen LogP contribution in [-0.2, 0) is 0 Å². The van der Waals surface area contributed by atoms with Gasteiger partial charge in [-0.05, 0) is 0 Å². The quantitative estimate of drug-likeness (QED) is 0.494. The van der Waals surface area contributed by atoms with Crippen LogP contribution in [0.15, 0.2) is 0 Å². The van der Waals surface area contributed by atoms with E-state index in [0.717, 1.165) is 23.1 Å². The third kappa shape index (κ3) is 1.27. The van der Waals surface area contributed by atoms with E-state index in [0.29, 0.717) is 0 Å². The van der Waals surface area contributed by atoms with Gasteiger partial charge >= 0.3 is 0 Å². The fourth-order valence-corrected chi connectivity index (χ4v) is 1.32. The summed E-state index contributed by atoms with van der Waals surface area (Å²) in [7, 11) is 3.95.